The van der Waals surface area contributed by atoms with E-state index in [2.05, 4.69) is 25.9 Å². The predicted octanol–water partition coefficient (Wildman–Crippen LogP) is 3.15. The maximum absolute atomic E-state index is 5.56. The van der Waals surface area contributed by atoms with Crippen molar-refractivity contribution in [3.05, 3.63) is 41.0 Å². The zero-order chi connectivity index (χ0) is 13.1. The average Bonchev–Trinajstić information content (AvgIpc) is 3.04. The highest BCUT2D eigenvalue weighted by Gasteiger charge is 2.20. The molecule has 5 heteroatoms. The number of hydrogen-bond acceptors (Lipinski definition) is 3. The van der Waals surface area contributed by atoms with Gasteiger partial charge in [0.2, 0.25) is 0 Å². The molecular formula is C14H18BrN3O. The van der Waals surface area contributed by atoms with Crippen molar-refractivity contribution in [1.29, 1.82) is 0 Å². The third kappa shape index (κ3) is 3.48. The first-order valence-electron chi connectivity index (χ1n) is 6.73. The highest BCUT2D eigenvalue weighted by atomic mass is 79.9. The third-order valence-corrected chi connectivity index (χ3v) is 4.15. The standard InChI is InChI=1S/C14H18BrN3O/c15-14-3-2-13(19-14)11-17-8-4-12(5-9-17)10-18-7-1-6-16-18/h1-3,6-7,12H,4-5,8-11H2. The number of likely N-dealkylation sites (tertiary alicyclic amines) is 1. The van der Waals surface area contributed by atoms with Gasteiger partial charge in [-0.3, -0.25) is 9.58 Å². The Morgan fingerprint density at radius 2 is 2.16 bits per heavy atom. The topological polar surface area (TPSA) is 34.2 Å². The average molecular weight is 324 g/mol. The van der Waals surface area contributed by atoms with Gasteiger partial charge in [0.1, 0.15) is 5.76 Å². The van der Waals surface area contributed by atoms with E-state index in [0.717, 1.165) is 42.5 Å². The van der Waals surface area contributed by atoms with Crippen molar-refractivity contribution in [1.82, 2.24) is 14.7 Å². The van der Waals surface area contributed by atoms with Gasteiger partial charge in [-0.05, 0) is 66.0 Å². The van der Waals surface area contributed by atoms with Gasteiger partial charge in [-0.25, -0.2) is 0 Å². The normalized spacial score (nSPS) is 17.9. The lowest BCUT2D eigenvalue weighted by Crippen LogP contribution is -2.34. The fourth-order valence-corrected chi connectivity index (χ4v) is 3.00. The van der Waals surface area contributed by atoms with Crippen molar-refractivity contribution >= 4 is 15.9 Å². The van der Waals surface area contributed by atoms with Crippen LogP contribution in [0.1, 0.15) is 18.6 Å². The first-order valence-corrected chi connectivity index (χ1v) is 7.53. The summed E-state index contributed by atoms with van der Waals surface area (Å²) in [5.74, 6) is 1.79. The van der Waals surface area contributed by atoms with Gasteiger partial charge in [0.25, 0.3) is 0 Å². The van der Waals surface area contributed by atoms with Gasteiger partial charge in [-0.2, -0.15) is 5.10 Å². The number of hydrogen-bond donors (Lipinski definition) is 0. The first-order chi connectivity index (χ1) is 9.29. The monoisotopic (exact) mass is 323 g/mol. The Bertz CT molecular complexity index is 501. The molecule has 102 valence electrons. The molecule has 3 rings (SSSR count). The van der Waals surface area contributed by atoms with Crippen LogP contribution in [-0.4, -0.2) is 27.8 Å². The number of halogens is 1. The molecule has 2 aromatic heterocycles. The lowest BCUT2D eigenvalue weighted by molar-refractivity contribution is 0.155. The molecule has 3 heterocycles. The minimum Gasteiger partial charge on any atom is -0.453 e. The van der Waals surface area contributed by atoms with Crippen LogP contribution in [0.2, 0.25) is 0 Å². The van der Waals surface area contributed by atoms with E-state index in [0.29, 0.717) is 0 Å². The van der Waals surface area contributed by atoms with E-state index < -0.39 is 0 Å². The van der Waals surface area contributed by atoms with Crippen molar-refractivity contribution in [3.8, 4) is 0 Å². The number of aromatic nitrogens is 2. The molecule has 0 bridgehead atoms. The summed E-state index contributed by atoms with van der Waals surface area (Å²) in [6, 6.07) is 5.99. The van der Waals surface area contributed by atoms with Crippen molar-refractivity contribution in [2.75, 3.05) is 13.1 Å². The molecule has 0 radical (unpaired) electrons. The van der Waals surface area contributed by atoms with Crippen LogP contribution in [0.25, 0.3) is 0 Å². The highest BCUT2D eigenvalue weighted by Crippen LogP contribution is 2.22. The maximum atomic E-state index is 5.56. The van der Waals surface area contributed by atoms with Crippen LogP contribution in [0.3, 0.4) is 0 Å². The molecule has 19 heavy (non-hydrogen) atoms. The van der Waals surface area contributed by atoms with Crippen LogP contribution in [0.15, 0.2) is 39.7 Å². The molecule has 1 fully saturated rings. The fourth-order valence-electron chi connectivity index (χ4n) is 2.66. The largest absolute Gasteiger partial charge is 0.453 e. The van der Waals surface area contributed by atoms with Gasteiger partial charge < -0.3 is 4.42 Å². The molecule has 0 aliphatic carbocycles. The first kappa shape index (κ1) is 12.9. The van der Waals surface area contributed by atoms with Crippen molar-refractivity contribution in [3.63, 3.8) is 0 Å². The number of furan rings is 1. The van der Waals surface area contributed by atoms with Crippen LogP contribution in [0, 0.1) is 5.92 Å². The summed E-state index contributed by atoms with van der Waals surface area (Å²) in [5, 5.41) is 4.28. The third-order valence-electron chi connectivity index (χ3n) is 3.72. The molecule has 0 N–H and O–H groups in total. The SMILES string of the molecule is Brc1ccc(CN2CCC(Cn3cccn3)CC2)o1. The van der Waals surface area contributed by atoms with Gasteiger partial charge >= 0.3 is 0 Å². The summed E-state index contributed by atoms with van der Waals surface area (Å²) >= 11 is 3.34. The Labute approximate surface area is 121 Å². The van der Waals surface area contributed by atoms with E-state index in [4.69, 9.17) is 4.42 Å². The molecule has 0 spiro atoms. The van der Waals surface area contributed by atoms with E-state index >= 15 is 0 Å². The van der Waals surface area contributed by atoms with Crippen LogP contribution >= 0.6 is 15.9 Å². The zero-order valence-corrected chi connectivity index (χ0v) is 12.4. The Kier molecular flexibility index (Phi) is 4.03. The summed E-state index contributed by atoms with van der Waals surface area (Å²) in [5.41, 5.74) is 0. The molecule has 0 aromatic carbocycles. The molecule has 0 amide bonds. The molecule has 4 nitrogen and oxygen atoms in total. The van der Waals surface area contributed by atoms with Gasteiger partial charge in [0.05, 0.1) is 6.54 Å². The lowest BCUT2D eigenvalue weighted by atomic mass is 9.97. The van der Waals surface area contributed by atoms with E-state index in [9.17, 15) is 0 Å². The van der Waals surface area contributed by atoms with Gasteiger partial charge in [0, 0.05) is 18.9 Å². The molecule has 0 unspecified atom stereocenters. The summed E-state index contributed by atoms with van der Waals surface area (Å²) < 4.78 is 8.42. The molecule has 0 saturated carbocycles. The summed E-state index contributed by atoms with van der Waals surface area (Å²) in [4.78, 5) is 2.46. The highest BCUT2D eigenvalue weighted by molar-refractivity contribution is 9.10. The van der Waals surface area contributed by atoms with Crippen LogP contribution in [0.4, 0.5) is 0 Å². The van der Waals surface area contributed by atoms with Crippen molar-refractivity contribution in [2.24, 2.45) is 5.92 Å². The molecule has 1 aliphatic heterocycles. The van der Waals surface area contributed by atoms with Gasteiger partial charge in [-0.1, -0.05) is 0 Å². The Balaban J connectivity index is 1.46. The second-order valence-corrected chi connectivity index (χ2v) is 5.94. The number of nitrogens with zero attached hydrogens (tertiary/aromatic N) is 3. The molecule has 2 aromatic rings. The summed E-state index contributed by atoms with van der Waals surface area (Å²) in [6.07, 6.45) is 6.38. The van der Waals surface area contributed by atoms with E-state index in [1.807, 2.05) is 35.3 Å². The van der Waals surface area contributed by atoms with Gasteiger partial charge in [0.15, 0.2) is 4.67 Å². The maximum Gasteiger partial charge on any atom is 0.169 e. The minimum atomic E-state index is 0.750. The van der Waals surface area contributed by atoms with Crippen LogP contribution < -0.4 is 0 Å². The Morgan fingerprint density at radius 3 is 2.79 bits per heavy atom. The van der Waals surface area contributed by atoms with Gasteiger partial charge in [-0.15, -0.1) is 0 Å². The minimum absolute atomic E-state index is 0.750. The smallest absolute Gasteiger partial charge is 0.169 e. The van der Waals surface area contributed by atoms with Crippen molar-refractivity contribution < 1.29 is 4.42 Å². The van der Waals surface area contributed by atoms with E-state index in [1.165, 1.54) is 12.8 Å². The van der Waals surface area contributed by atoms with Crippen molar-refractivity contribution in [2.45, 2.75) is 25.9 Å². The van der Waals surface area contributed by atoms with E-state index in [-0.39, 0.29) is 0 Å². The summed E-state index contributed by atoms with van der Waals surface area (Å²) in [7, 11) is 0. The molecular weight excluding hydrogens is 306 g/mol. The summed E-state index contributed by atoms with van der Waals surface area (Å²) in [6.45, 7) is 4.25. The fraction of sp³-hybridized carbons (Fsp3) is 0.500. The van der Waals surface area contributed by atoms with Crippen LogP contribution in [-0.2, 0) is 13.1 Å². The van der Waals surface area contributed by atoms with Crippen LogP contribution in [0.5, 0.6) is 0 Å². The zero-order valence-electron chi connectivity index (χ0n) is 10.8. The van der Waals surface area contributed by atoms with E-state index in [1.54, 1.807) is 0 Å². The molecule has 1 saturated heterocycles. The number of rotatable bonds is 4. The second-order valence-electron chi connectivity index (χ2n) is 5.15. The lowest BCUT2D eigenvalue weighted by Gasteiger charge is -2.31. The predicted molar refractivity (Wildman–Crippen MR) is 76.6 cm³/mol. The quantitative estimate of drug-likeness (QED) is 0.866. The second kappa shape index (κ2) is 5.92. The number of piperidine rings is 1. The Morgan fingerprint density at radius 1 is 1.32 bits per heavy atom. The Hall–Kier alpha value is -1.07. The molecule has 1 aliphatic rings. The molecule has 0 atom stereocenters.